The maximum absolute atomic E-state index is 13.8. The first-order valence-corrected chi connectivity index (χ1v) is 11.6. The molecule has 0 bridgehead atoms. The van der Waals surface area contributed by atoms with Gasteiger partial charge in [0.1, 0.15) is 5.75 Å². The van der Waals surface area contributed by atoms with E-state index in [0.29, 0.717) is 24.1 Å². The number of fused-ring (bicyclic) bond motifs is 1. The number of Topliss-reactive ketones (excluding diaryl/α,β-unsaturated/α-hetero) is 1. The lowest BCUT2D eigenvalue weighted by Gasteiger charge is -2.33. The Kier molecular flexibility index (Phi) is 7.92. The molecule has 0 saturated heterocycles. The largest absolute Gasteiger partial charge is 0.497 e. The lowest BCUT2D eigenvalue weighted by atomic mass is 9.81. The minimum Gasteiger partial charge on any atom is -0.497 e. The van der Waals surface area contributed by atoms with Gasteiger partial charge < -0.3 is 15.4 Å². The summed E-state index contributed by atoms with van der Waals surface area (Å²) >= 11 is 0. The molecule has 3 rings (SSSR count). The Morgan fingerprint density at radius 3 is 2.62 bits per heavy atom. The molecule has 0 aromatic heterocycles. The SMILES string of the molecule is C/C=C(/C(=O)C1Cc2cc(OC)ccc2N(C)C1)c1ccc(/C(=C/N)C(=N)F)cc1C(C)CC. The number of nitrogens with one attached hydrogen (secondary N) is 1. The van der Waals surface area contributed by atoms with Crippen molar-refractivity contribution in [3.8, 4) is 5.75 Å². The molecular weight excluding hydrogens is 429 g/mol. The maximum atomic E-state index is 13.8. The highest BCUT2D eigenvalue weighted by atomic mass is 19.1. The van der Waals surface area contributed by atoms with Crippen LogP contribution in [0.3, 0.4) is 0 Å². The number of benzene rings is 2. The highest BCUT2D eigenvalue weighted by molar-refractivity contribution is 6.23. The molecule has 0 fully saturated rings. The fourth-order valence-electron chi connectivity index (χ4n) is 4.71. The van der Waals surface area contributed by atoms with Crippen molar-refractivity contribution in [2.75, 3.05) is 25.6 Å². The fourth-order valence-corrected chi connectivity index (χ4v) is 4.71. The van der Waals surface area contributed by atoms with Gasteiger partial charge in [-0.3, -0.25) is 10.2 Å². The Balaban J connectivity index is 2.01. The molecule has 1 aliphatic rings. The molecule has 0 amide bonds. The van der Waals surface area contributed by atoms with Crippen LogP contribution in [0.1, 0.15) is 55.4 Å². The highest BCUT2D eigenvalue weighted by Gasteiger charge is 2.31. The van der Waals surface area contributed by atoms with Crippen molar-refractivity contribution < 1.29 is 13.9 Å². The average Bonchev–Trinajstić information content (AvgIpc) is 2.84. The number of rotatable bonds is 8. The molecule has 0 spiro atoms. The Hall–Kier alpha value is -3.41. The van der Waals surface area contributed by atoms with Crippen LogP contribution in [0.4, 0.5) is 10.1 Å². The Labute approximate surface area is 201 Å². The summed E-state index contributed by atoms with van der Waals surface area (Å²) in [7, 11) is 3.65. The van der Waals surface area contributed by atoms with Crippen molar-refractivity contribution in [2.45, 2.75) is 39.5 Å². The molecule has 0 aliphatic carbocycles. The van der Waals surface area contributed by atoms with Gasteiger partial charge in [-0.15, -0.1) is 0 Å². The molecule has 2 atom stereocenters. The molecule has 1 heterocycles. The van der Waals surface area contributed by atoms with Gasteiger partial charge in [0, 0.05) is 37.0 Å². The molecule has 3 N–H and O–H groups in total. The van der Waals surface area contributed by atoms with Crippen molar-refractivity contribution >= 4 is 28.6 Å². The predicted octanol–water partition coefficient (Wildman–Crippen LogP) is 5.74. The van der Waals surface area contributed by atoms with Crippen molar-refractivity contribution in [3.05, 3.63) is 70.9 Å². The molecule has 2 unspecified atom stereocenters. The number of anilines is 1. The molecule has 2 aromatic rings. The zero-order valence-electron chi connectivity index (χ0n) is 20.6. The number of carbonyl (C=O) groups is 1. The molecule has 0 saturated carbocycles. The minimum absolute atomic E-state index is 0.0453. The third-order valence-electron chi connectivity index (χ3n) is 6.78. The number of ether oxygens (including phenoxy) is 1. The van der Waals surface area contributed by atoms with E-state index in [9.17, 15) is 9.18 Å². The first kappa shape index (κ1) is 25.2. The van der Waals surface area contributed by atoms with Crippen LogP contribution in [-0.4, -0.2) is 32.5 Å². The van der Waals surface area contributed by atoms with E-state index in [1.165, 1.54) is 0 Å². The zero-order chi connectivity index (χ0) is 25.0. The van der Waals surface area contributed by atoms with Crippen LogP contribution in [0.15, 0.2) is 48.7 Å². The van der Waals surface area contributed by atoms with Crippen LogP contribution in [-0.2, 0) is 11.2 Å². The monoisotopic (exact) mass is 463 g/mol. The van der Waals surface area contributed by atoms with E-state index in [-0.39, 0.29) is 23.2 Å². The quantitative estimate of drug-likeness (QED) is 0.387. The molecule has 6 heteroatoms. The second-order valence-electron chi connectivity index (χ2n) is 8.85. The van der Waals surface area contributed by atoms with E-state index in [2.05, 4.69) is 18.7 Å². The van der Waals surface area contributed by atoms with E-state index >= 15 is 0 Å². The summed E-state index contributed by atoms with van der Waals surface area (Å²) in [6.07, 6.45) is 4.49. The molecular formula is C28H34FN3O2. The standard InChI is InChI=1S/C28H34FN3O2/c1-6-17(3)24-14-18(25(15-30)28(29)31)8-10-23(24)22(7-2)27(33)20-12-19-13-21(34-5)9-11-26(19)32(4)16-20/h7-11,13-15,17,20,31H,6,12,16,30H2,1-5H3/b22-7+,25-15-,31-28?. The van der Waals surface area contributed by atoms with Gasteiger partial charge in [0.05, 0.1) is 12.7 Å². The fraction of sp³-hybridized carbons (Fsp3) is 0.357. The van der Waals surface area contributed by atoms with Gasteiger partial charge in [0.15, 0.2) is 5.78 Å². The van der Waals surface area contributed by atoms with E-state index < -0.39 is 5.97 Å². The van der Waals surface area contributed by atoms with E-state index in [4.69, 9.17) is 15.9 Å². The van der Waals surface area contributed by atoms with Crippen LogP contribution < -0.4 is 15.4 Å². The Bertz CT molecular complexity index is 1150. The Morgan fingerprint density at radius 1 is 1.29 bits per heavy atom. The summed E-state index contributed by atoms with van der Waals surface area (Å²) in [6, 6.07) is 11.4. The van der Waals surface area contributed by atoms with Gasteiger partial charge in [-0.25, -0.2) is 0 Å². The lowest BCUT2D eigenvalue weighted by Crippen LogP contribution is -2.37. The number of carbonyl (C=O) groups excluding carboxylic acids is 1. The number of halogens is 1. The van der Waals surface area contributed by atoms with E-state index in [1.54, 1.807) is 13.2 Å². The van der Waals surface area contributed by atoms with E-state index in [0.717, 1.165) is 40.7 Å². The van der Waals surface area contributed by atoms with Crippen LogP contribution in [0.2, 0.25) is 0 Å². The number of hydrogen-bond acceptors (Lipinski definition) is 5. The topological polar surface area (TPSA) is 79.4 Å². The highest BCUT2D eigenvalue weighted by Crippen LogP contribution is 2.36. The Morgan fingerprint density at radius 2 is 2.03 bits per heavy atom. The molecule has 0 radical (unpaired) electrons. The zero-order valence-corrected chi connectivity index (χ0v) is 20.6. The summed E-state index contributed by atoms with van der Waals surface area (Å²) < 4.78 is 19.1. The number of ketones is 1. The van der Waals surface area contributed by atoms with Crippen molar-refractivity contribution in [1.29, 1.82) is 5.41 Å². The van der Waals surface area contributed by atoms with Gasteiger partial charge in [-0.05, 0) is 66.1 Å². The predicted molar refractivity (Wildman–Crippen MR) is 138 cm³/mol. The molecule has 180 valence electrons. The second kappa shape index (κ2) is 10.7. The van der Waals surface area contributed by atoms with Gasteiger partial charge in [-0.1, -0.05) is 38.1 Å². The number of methoxy groups -OCH3 is 1. The molecule has 5 nitrogen and oxygen atoms in total. The normalized spacial score (nSPS) is 17.2. The van der Waals surface area contributed by atoms with Gasteiger partial charge in [0.2, 0.25) is 5.97 Å². The summed E-state index contributed by atoms with van der Waals surface area (Å²) in [6.45, 7) is 6.68. The van der Waals surface area contributed by atoms with Crippen molar-refractivity contribution in [3.63, 3.8) is 0 Å². The van der Waals surface area contributed by atoms with Gasteiger partial charge in [-0.2, -0.15) is 4.39 Å². The van der Waals surface area contributed by atoms with Crippen LogP contribution in [0.5, 0.6) is 5.75 Å². The number of allylic oxidation sites excluding steroid dienone is 3. The summed E-state index contributed by atoms with van der Waals surface area (Å²) in [5, 5.41) is 7.40. The van der Waals surface area contributed by atoms with Crippen molar-refractivity contribution in [2.24, 2.45) is 11.7 Å². The van der Waals surface area contributed by atoms with Crippen LogP contribution in [0, 0.1) is 11.3 Å². The lowest BCUT2D eigenvalue weighted by molar-refractivity contribution is -0.117. The summed E-state index contributed by atoms with van der Waals surface area (Å²) in [4.78, 5) is 16.0. The van der Waals surface area contributed by atoms with Gasteiger partial charge in [0.25, 0.3) is 0 Å². The maximum Gasteiger partial charge on any atom is 0.214 e. The smallest absolute Gasteiger partial charge is 0.214 e. The molecule has 1 aliphatic heterocycles. The number of nitrogens with zero attached hydrogens (tertiary/aromatic N) is 1. The van der Waals surface area contributed by atoms with Crippen molar-refractivity contribution in [1.82, 2.24) is 0 Å². The van der Waals surface area contributed by atoms with E-state index in [1.807, 2.05) is 50.4 Å². The first-order chi connectivity index (χ1) is 16.2. The number of nitrogens with two attached hydrogens (primary N) is 1. The average molecular weight is 464 g/mol. The van der Waals surface area contributed by atoms with Crippen LogP contribution in [0.25, 0.3) is 11.1 Å². The molecule has 34 heavy (non-hydrogen) atoms. The second-order valence-corrected chi connectivity index (χ2v) is 8.85. The number of hydrogen-bond donors (Lipinski definition) is 2. The van der Waals surface area contributed by atoms with Gasteiger partial charge >= 0.3 is 0 Å². The summed E-state index contributed by atoms with van der Waals surface area (Å²) in [5.74, 6) is -0.258. The summed E-state index contributed by atoms with van der Waals surface area (Å²) in [5.41, 5.74) is 10.9. The minimum atomic E-state index is -1.08. The third kappa shape index (κ3) is 4.91. The third-order valence-corrected chi connectivity index (χ3v) is 6.78. The van der Waals surface area contributed by atoms with Crippen LogP contribution >= 0.6 is 0 Å². The molecule has 2 aromatic carbocycles. The first-order valence-electron chi connectivity index (χ1n) is 11.6.